The minimum Gasteiger partial charge on any atom is -0.379 e. The zero-order valence-electron chi connectivity index (χ0n) is 13.7. The maximum atomic E-state index is 5.47. The number of ether oxygens (including phenoxy) is 1. The van der Waals surface area contributed by atoms with E-state index in [1.165, 1.54) is 10.6 Å². The second-order valence-electron chi connectivity index (χ2n) is 6.08. The molecule has 1 aromatic heterocycles. The van der Waals surface area contributed by atoms with Crippen molar-refractivity contribution in [1.82, 2.24) is 14.8 Å². The first kappa shape index (κ1) is 16.6. The standard InChI is InChI=1S/C18H25N3OS/c1-16(21-8-10-22-11-9-21)13-20(15-18-19-7-12-23-18)14-17-5-3-2-4-6-17/h2-7,12,16H,8-11,13-15H2,1H3. The van der Waals surface area contributed by atoms with Gasteiger partial charge in [0, 0.05) is 43.8 Å². The van der Waals surface area contributed by atoms with Gasteiger partial charge in [-0.3, -0.25) is 9.80 Å². The molecule has 4 nitrogen and oxygen atoms in total. The first-order valence-electron chi connectivity index (χ1n) is 8.28. The van der Waals surface area contributed by atoms with Gasteiger partial charge in [0.25, 0.3) is 0 Å². The molecule has 23 heavy (non-hydrogen) atoms. The summed E-state index contributed by atoms with van der Waals surface area (Å²) in [5, 5.41) is 3.25. The first-order valence-corrected chi connectivity index (χ1v) is 9.15. The van der Waals surface area contributed by atoms with E-state index in [-0.39, 0.29) is 0 Å². The Balaban J connectivity index is 1.64. The quantitative estimate of drug-likeness (QED) is 0.780. The van der Waals surface area contributed by atoms with Gasteiger partial charge in [0.05, 0.1) is 19.8 Å². The summed E-state index contributed by atoms with van der Waals surface area (Å²) < 4.78 is 5.47. The van der Waals surface area contributed by atoms with E-state index in [9.17, 15) is 0 Å². The van der Waals surface area contributed by atoms with Gasteiger partial charge in [-0.05, 0) is 12.5 Å². The average molecular weight is 331 g/mol. The number of hydrogen-bond acceptors (Lipinski definition) is 5. The minimum absolute atomic E-state index is 0.530. The molecule has 2 heterocycles. The highest BCUT2D eigenvalue weighted by Crippen LogP contribution is 2.14. The molecule has 1 aliphatic rings. The Kier molecular flexibility index (Phi) is 6.16. The van der Waals surface area contributed by atoms with Crippen molar-refractivity contribution in [2.75, 3.05) is 32.8 Å². The molecule has 0 aliphatic carbocycles. The van der Waals surface area contributed by atoms with Crippen LogP contribution in [0.5, 0.6) is 0 Å². The van der Waals surface area contributed by atoms with Crippen LogP contribution in [0.4, 0.5) is 0 Å². The van der Waals surface area contributed by atoms with Crippen molar-refractivity contribution in [3.8, 4) is 0 Å². The molecule has 0 spiro atoms. The van der Waals surface area contributed by atoms with Crippen molar-refractivity contribution in [3.05, 3.63) is 52.5 Å². The molecule has 0 amide bonds. The normalized spacial score (nSPS) is 17.5. The van der Waals surface area contributed by atoms with Gasteiger partial charge >= 0.3 is 0 Å². The molecule has 0 radical (unpaired) electrons. The molecule has 3 rings (SSSR count). The number of morpholine rings is 1. The van der Waals surface area contributed by atoms with Crippen LogP contribution in [0, 0.1) is 0 Å². The van der Waals surface area contributed by atoms with Gasteiger partial charge in [-0.2, -0.15) is 0 Å². The summed E-state index contributed by atoms with van der Waals surface area (Å²) in [6.45, 7) is 9.05. The van der Waals surface area contributed by atoms with Crippen LogP contribution >= 0.6 is 11.3 Å². The molecule has 124 valence electrons. The monoisotopic (exact) mass is 331 g/mol. The molecular weight excluding hydrogens is 306 g/mol. The summed E-state index contributed by atoms with van der Waals surface area (Å²) in [6.07, 6.45) is 1.89. The summed E-state index contributed by atoms with van der Waals surface area (Å²) in [6, 6.07) is 11.2. The number of benzene rings is 1. The lowest BCUT2D eigenvalue weighted by Gasteiger charge is -2.35. The van der Waals surface area contributed by atoms with Crippen LogP contribution in [0.3, 0.4) is 0 Å². The zero-order chi connectivity index (χ0) is 15.9. The predicted octanol–water partition coefficient (Wildman–Crippen LogP) is 2.87. The summed E-state index contributed by atoms with van der Waals surface area (Å²) in [7, 11) is 0. The highest BCUT2D eigenvalue weighted by molar-refractivity contribution is 7.09. The van der Waals surface area contributed by atoms with Crippen LogP contribution in [-0.4, -0.2) is 53.7 Å². The van der Waals surface area contributed by atoms with Crippen LogP contribution in [-0.2, 0) is 17.8 Å². The van der Waals surface area contributed by atoms with Crippen LogP contribution in [0.2, 0.25) is 0 Å². The van der Waals surface area contributed by atoms with E-state index in [2.05, 4.69) is 57.4 Å². The Morgan fingerprint density at radius 1 is 1.22 bits per heavy atom. The predicted molar refractivity (Wildman–Crippen MR) is 94.5 cm³/mol. The van der Waals surface area contributed by atoms with Crippen molar-refractivity contribution in [1.29, 1.82) is 0 Å². The van der Waals surface area contributed by atoms with Crippen molar-refractivity contribution < 1.29 is 4.74 Å². The largest absolute Gasteiger partial charge is 0.379 e. The van der Waals surface area contributed by atoms with Crippen LogP contribution in [0.1, 0.15) is 17.5 Å². The van der Waals surface area contributed by atoms with Gasteiger partial charge in [0.1, 0.15) is 5.01 Å². The summed E-state index contributed by atoms with van der Waals surface area (Å²) in [5.74, 6) is 0. The Morgan fingerprint density at radius 2 is 2.00 bits per heavy atom. The third-order valence-electron chi connectivity index (χ3n) is 4.28. The smallest absolute Gasteiger partial charge is 0.107 e. The van der Waals surface area contributed by atoms with E-state index in [4.69, 9.17) is 4.74 Å². The Morgan fingerprint density at radius 3 is 2.70 bits per heavy atom. The van der Waals surface area contributed by atoms with Gasteiger partial charge in [0.2, 0.25) is 0 Å². The van der Waals surface area contributed by atoms with E-state index in [1.54, 1.807) is 11.3 Å². The Bertz CT molecular complexity index is 555. The minimum atomic E-state index is 0.530. The number of nitrogens with zero attached hydrogens (tertiary/aromatic N) is 3. The second kappa shape index (κ2) is 8.55. The maximum absolute atomic E-state index is 5.47. The number of hydrogen-bond donors (Lipinski definition) is 0. The highest BCUT2D eigenvalue weighted by atomic mass is 32.1. The topological polar surface area (TPSA) is 28.6 Å². The van der Waals surface area contributed by atoms with E-state index >= 15 is 0 Å². The fourth-order valence-corrected chi connectivity index (χ4v) is 3.71. The van der Waals surface area contributed by atoms with Gasteiger partial charge in [0.15, 0.2) is 0 Å². The molecule has 1 unspecified atom stereocenters. The van der Waals surface area contributed by atoms with E-state index in [0.717, 1.165) is 45.9 Å². The number of thiazole rings is 1. The third kappa shape index (κ3) is 5.11. The number of aromatic nitrogens is 1. The molecule has 1 atom stereocenters. The molecular formula is C18H25N3OS. The molecule has 0 bridgehead atoms. The summed E-state index contributed by atoms with van der Waals surface area (Å²) in [4.78, 5) is 9.50. The van der Waals surface area contributed by atoms with E-state index in [0.29, 0.717) is 6.04 Å². The average Bonchev–Trinajstić information content (AvgIpc) is 3.09. The SMILES string of the molecule is CC(CN(Cc1ccccc1)Cc1nccs1)N1CCOCC1. The summed E-state index contributed by atoms with van der Waals surface area (Å²) in [5.41, 5.74) is 1.36. The van der Waals surface area contributed by atoms with Crippen molar-refractivity contribution in [3.63, 3.8) is 0 Å². The zero-order valence-corrected chi connectivity index (χ0v) is 14.5. The lowest BCUT2D eigenvalue weighted by molar-refractivity contribution is 0.0112. The second-order valence-corrected chi connectivity index (χ2v) is 7.06. The fraction of sp³-hybridized carbons (Fsp3) is 0.500. The first-order chi connectivity index (χ1) is 11.3. The van der Waals surface area contributed by atoms with E-state index in [1.807, 2.05) is 6.20 Å². The van der Waals surface area contributed by atoms with Crippen LogP contribution in [0.25, 0.3) is 0 Å². The Hall–Kier alpha value is -1.27. The highest BCUT2D eigenvalue weighted by Gasteiger charge is 2.20. The van der Waals surface area contributed by atoms with Gasteiger partial charge in [-0.15, -0.1) is 11.3 Å². The molecule has 1 aromatic carbocycles. The molecule has 1 saturated heterocycles. The van der Waals surface area contributed by atoms with Crippen LogP contribution < -0.4 is 0 Å². The summed E-state index contributed by atoms with van der Waals surface area (Å²) >= 11 is 1.74. The molecule has 0 saturated carbocycles. The van der Waals surface area contributed by atoms with E-state index < -0.39 is 0 Å². The van der Waals surface area contributed by atoms with Crippen molar-refractivity contribution in [2.24, 2.45) is 0 Å². The number of rotatable bonds is 7. The molecule has 1 fully saturated rings. The molecule has 2 aromatic rings. The molecule has 1 aliphatic heterocycles. The lowest BCUT2D eigenvalue weighted by atomic mass is 10.2. The van der Waals surface area contributed by atoms with Gasteiger partial charge in [-0.1, -0.05) is 30.3 Å². The Labute approximate surface area is 142 Å². The van der Waals surface area contributed by atoms with Gasteiger partial charge < -0.3 is 4.74 Å². The van der Waals surface area contributed by atoms with Crippen molar-refractivity contribution >= 4 is 11.3 Å². The third-order valence-corrected chi connectivity index (χ3v) is 5.05. The lowest BCUT2D eigenvalue weighted by Crippen LogP contribution is -2.47. The maximum Gasteiger partial charge on any atom is 0.107 e. The van der Waals surface area contributed by atoms with Gasteiger partial charge in [-0.25, -0.2) is 4.98 Å². The molecule has 0 N–H and O–H groups in total. The van der Waals surface area contributed by atoms with Crippen molar-refractivity contribution in [2.45, 2.75) is 26.1 Å². The fourth-order valence-electron chi connectivity index (χ4n) is 3.06. The van der Waals surface area contributed by atoms with Crippen LogP contribution in [0.15, 0.2) is 41.9 Å². The molecule has 5 heteroatoms.